The largest absolute Gasteiger partial charge is 0.396 e. The zero-order chi connectivity index (χ0) is 11.1. The van der Waals surface area contributed by atoms with Gasteiger partial charge in [-0.15, -0.1) is 0 Å². The molecule has 1 aliphatic rings. The second-order valence-corrected chi connectivity index (χ2v) is 4.80. The average Bonchev–Trinajstić information content (AvgIpc) is 2.75. The molecular formula is C12H26N2O. The predicted octanol–water partition coefficient (Wildman–Crippen LogP) is 1.08. The van der Waals surface area contributed by atoms with Crippen LogP contribution < -0.4 is 5.32 Å². The zero-order valence-electron chi connectivity index (χ0n) is 10.2. The molecule has 2 atom stereocenters. The van der Waals surface area contributed by atoms with Crippen LogP contribution in [0.4, 0.5) is 0 Å². The normalized spacial score (nSPS) is 21.8. The molecule has 0 saturated carbocycles. The highest BCUT2D eigenvalue weighted by Gasteiger charge is 2.12. The molecule has 2 unspecified atom stereocenters. The number of nitrogens with one attached hydrogen (secondary N) is 1. The van der Waals surface area contributed by atoms with Crippen molar-refractivity contribution < 1.29 is 5.11 Å². The van der Waals surface area contributed by atoms with Crippen LogP contribution in [0.2, 0.25) is 0 Å². The van der Waals surface area contributed by atoms with Crippen molar-refractivity contribution in [1.29, 1.82) is 0 Å². The predicted molar refractivity (Wildman–Crippen MR) is 64.0 cm³/mol. The summed E-state index contributed by atoms with van der Waals surface area (Å²) in [5.74, 6) is 0.358. The van der Waals surface area contributed by atoms with Crippen LogP contribution in [0.25, 0.3) is 0 Å². The van der Waals surface area contributed by atoms with E-state index in [9.17, 15) is 0 Å². The van der Waals surface area contributed by atoms with E-state index in [2.05, 4.69) is 24.1 Å². The van der Waals surface area contributed by atoms with Crippen LogP contribution in [0.1, 0.15) is 33.1 Å². The molecule has 3 heteroatoms. The Morgan fingerprint density at radius 1 is 1.27 bits per heavy atom. The summed E-state index contributed by atoms with van der Waals surface area (Å²) >= 11 is 0. The van der Waals surface area contributed by atoms with E-state index in [-0.39, 0.29) is 6.61 Å². The summed E-state index contributed by atoms with van der Waals surface area (Å²) < 4.78 is 0. The van der Waals surface area contributed by atoms with Crippen molar-refractivity contribution in [2.45, 2.75) is 39.2 Å². The quantitative estimate of drug-likeness (QED) is 0.623. The minimum absolute atomic E-state index is 0.278. The molecule has 15 heavy (non-hydrogen) atoms. The Balaban J connectivity index is 1.96. The first-order valence-electron chi connectivity index (χ1n) is 6.30. The van der Waals surface area contributed by atoms with E-state index in [1.54, 1.807) is 0 Å². The van der Waals surface area contributed by atoms with Gasteiger partial charge in [-0.05, 0) is 58.3 Å². The Morgan fingerprint density at radius 2 is 1.93 bits per heavy atom. The van der Waals surface area contributed by atoms with Crippen LogP contribution in [0.3, 0.4) is 0 Å². The topological polar surface area (TPSA) is 35.5 Å². The van der Waals surface area contributed by atoms with Crippen LogP contribution in [-0.4, -0.2) is 48.8 Å². The van der Waals surface area contributed by atoms with Crippen LogP contribution in [-0.2, 0) is 0 Å². The van der Waals surface area contributed by atoms with Crippen LogP contribution in [0.5, 0.6) is 0 Å². The van der Waals surface area contributed by atoms with E-state index in [4.69, 9.17) is 5.11 Å². The first-order valence-corrected chi connectivity index (χ1v) is 6.30. The summed E-state index contributed by atoms with van der Waals surface area (Å²) in [7, 11) is 0. The molecule has 2 N–H and O–H groups in total. The van der Waals surface area contributed by atoms with Gasteiger partial charge in [0.05, 0.1) is 0 Å². The van der Waals surface area contributed by atoms with Gasteiger partial charge in [0.2, 0.25) is 0 Å². The molecule has 0 radical (unpaired) electrons. The van der Waals surface area contributed by atoms with E-state index in [0.717, 1.165) is 6.54 Å². The summed E-state index contributed by atoms with van der Waals surface area (Å²) in [5.41, 5.74) is 0. The van der Waals surface area contributed by atoms with Gasteiger partial charge in [0.1, 0.15) is 0 Å². The van der Waals surface area contributed by atoms with Crippen molar-refractivity contribution in [3.8, 4) is 0 Å². The lowest BCUT2D eigenvalue weighted by Gasteiger charge is -2.20. The maximum absolute atomic E-state index is 8.99. The van der Waals surface area contributed by atoms with Crippen LogP contribution >= 0.6 is 0 Å². The first-order chi connectivity index (χ1) is 7.24. The van der Waals surface area contributed by atoms with E-state index >= 15 is 0 Å². The zero-order valence-corrected chi connectivity index (χ0v) is 10.2. The number of rotatable bonds is 7. The van der Waals surface area contributed by atoms with Crippen molar-refractivity contribution in [3.05, 3.63) is 0 Å². The fraction of sp³-hybridized carbons (Fsp3) is 1.00. The van der Waals surface area contributed by atoms with E-state index in [1.807, 2.05) is 0 Å². The van der Waals surface area contributed by atoms with Gasteiger partial charge in [0.15, 0.2) is 0 Å². The lowest BCUT2D eigenvalue weighted by molar-refractivity contribution is 0.206. The van der Waals surface area contributed by atoms with Gasteiger partial charge in [-0.1, -0.05) is 6.92 Å². The smallest absolute Gasteiger partial charge is 0.0471 e. The summed E-state index contributed by atoms with van der Waals surface area (Å²) in [6.45, 7) is 9.40. The monoisotopic (exact) mass is 214 g/mol. The molecule has 0 aromatic carbocycles. The minimum atomic E-state index is 0.278. The molecule has 1 rings (SSSR count). The number of hydrogen-bond donors (Lipinski definition) is 2. The van der Waals surface area contributed by atoms with Crippen molar-refractivity contribution in [1.82, 2.24) is 10.2 Å². The summed E-state index contributed by atoms with van der Waals surface area (Å²) in [5, 5.41) is 12.5. The number of hydrogen-bond acceptors (Lipinski definition) is 3. The molecule has 0 aromatic heterocycles. The molecule has 1 saturated heterocycles. The third-order valence-corrected chi connectivity index (χ3v) is 3.46. The summed E-state index contributed by atoms with van der Waals surface area (Å²) in [4.78, 5) is 2.54. The van der Waals surface area contributed by atoms with Crippen LogP contribution in [0, 0.1) is 5.92 Å². The van der Waals surface area contributed by atoms with Gasteiger partial charge in [0.25, 0.3) is 0 Å². The van der Waals surface area contributed by atoms with Crippen molar-refractivity contribution >= 4 is 0 Å². The number of likely N-dealkylation sites (tertiary alicyclic amines) is 1. The second kappa shape index (κ2) is 7.20. The molecule has 0 bridgehead atoms. The molecular weight excluding hydrogens is 188 g/mol. The standard InChI is InChI=1S/C12H26N2O/c1-11(10-15)12(2)13-6-5-9-14-7-3-4-8-14/h11-13,15H,3-10H2,1-2H3. The molecule has 0 aliphatic carbocycles. The Bertz CT molecular complexity index is 158. The highest BCUT2D eigenvalue weighted by Crippen LogP contribution is 2.07. The SMILES string of the molecule is CC(CO)C(C)NCCCN1CCCC1. The fourth-order valence-electron chi connectivity index (χ4n) is 2.00. The lowest BCUT2D eigenvalue weighted by Crippen LogP contribution is -2.35. The molecule has 1 heterocycles. The van der Waals surface area contributed by atoms with Gasteiger partial charge < -0.3 is 15.3 Å². The fourth-order valence-corrected chi connectivity index (χ4v) is 2.00. The average molecular weight is 214 g/mol. The van der Waals surface area contributed by atoms with Gasteiger partial charge in [-0.25, -0.2) is 0 Å². The van der Waals surface area contributed by atoms with E-state index < -0.39 is 0 Å². The molecule has 1 fully saturated rings. The third kappa shape index (κ3) is 4.96. The maximum Gasteiger partial charge on any atom is 0.0471 e. The van der Waals surface area contributed by atoms with Gasteiger partial charge >= 0.3 is 0 Å². The van der Waals surface area contributed by atoms with Crippen LogP contribution in [0.15, 0.2) is 0 Å². The number of aliphatic hydroxyl groups excluding tert-OH is 1. The van der Waals surface area contributed by atoms with Gasteiger partial charge in [-0.3, -0.25) is 0 Å². The number of nitrogens with zero attached hydrogens (tertiary/aromatic N) is 1. The highest BCUT2D eigenvalue weighted by atomic mass is 16.3. The van der Waals surface area contributed by atoms with Crippen molar-refractivity contribution in [3.63, 3.8) is 0 Å². The van der Waals surface area contributed by atoms with Gasteiger partial charge in [-0.2, -0.15) is 0 Å². The molecule has 0 amide bonds. The Morgan fingerprint density at radius 3 is 2.53 bits per heavy atom. The summed E-state index contributed by atoms with van der Waals surface area (Å²) in [6.07, 6.45) is 3.99. The summed E-state index contributed by atoms with van der Waals surface area (Å²) in [6, 6.07) is 0.425. The van der Waals surface area contributed by atoms with Crippen molar-refractivity contribution in [2.24, 2.45) is 5.92 Å². The van der Waals surface area contributed by atoms with E-state index in [1.165, 1.54) is 38.9 Å². The third-order valence-electron chi connectivity index (χ3n) is 3.46. The lowest BCUT2D eigenvalue weighted by atomic mass is 10.1. The highest BCUT2D eigenvalue weighted by molar-refractivity contribution is 4.69. The molecule has 0 spiro atoms. The molecule has 0 aromatic rings. The van der Waals surface area contributed by atoms with Crippen molar-refractivity contribution in [2.75, 3.05) is 32.8 Å². The Kier molecular flexibility index (Phi) is 6.22. The second-order valence-electron chi connectivity index (χ2n) is 4.80. The molecule has 90 valence electrons. The van der Waals surface area contributed by atoms with E-state index in [0.29, 0.717) is 12.0 Å². The maximum atomic E-state index is 8.99. The minimum Gasteiger partial charge on any atom is -0.396 e. The number of aliphatic hydroxyl groups is 1. The molecule has 3 nitrogen and oxygen atoms in total. The van der Waals surface area contributed by atoms with Gasteiger partial charge in [0, 0.05) is 12.6 Å². The molecule has 1 aliphatic heterocycles. The first kappa shape index (κ1) is 12.9. The Hall–Kier alpha value is -0.120. The Labute approximate surface area is 93.9 Å².